The minimum Gasteiger partial charge on any atom is -0.385 e. The van der Waals surface area contributed by atoms with E-state index in [2.05, 4.69) is 13.8 Å². The average Bonchev–Trinajstić information content (AvgIpc) is 2.11. The molecule has 0 unspecified atom stereocenters. The van der Waals surface area contributed by atoms with Crippen LogP contribution in [0, 0.1) is 16.7 Å². The van der Waals surface area contributed by atoms with Gasteiger partial charge in [-0.15, -0.1) is 0 Å². The molecule has 0 rings (SSSR count). The number of ketones is 1. The zero-order chi connectivity index (χ0) is 13.1. The smallest absolute Gasteiger partial charge is 0.167 e. The van der Waals surface area contributed by atoms with Crippen molar-refractivity contribution < 1.29 is 9.90 Å². The molecule has 0 aromatic carbocycles. The van der Waals surface area contributed by atoms with E-state index in [0.29, 0.717) is 5.92 Å². The first kappa shape index (κ1) is 15.6. The van der Waals surface area contributed by atoms with Crippen LogP contribution in [0.3, 0.4) is 0 Å². The molecule has 0 bridgehead atoms. The molecule has 0 aromatic heterocycles. The Balaban J connectivity index is 4.57. The van der Waals surface area contributed by atoms with E-state index in [1.807, 2.05) is 34.6 Å². The zero-order valence-corrected chi connectivity index (χ0v) is 11.9. The molecule has 0 fully saturated rings. The van der Waals surface area contributed by atoms with E-state index in [0.717, 1.165) is 12.8 Å². The Morgan fingerprint density at radius 2 is 1.56 bits per heavy atom. The van der Waals surface area contributed by atoms with E-state index >= 15 is 0 Å². The summed E-state index contributed by atoms with van der Waals surface area (Å²) in [6.45, 7) is 13.8. The minimum atomic E-state index is -0.855. The van der Waals surface area contributed by atoms with Gasteiger partial charge in [-0.3, -0.25) is 4.79 Å². The van der Waals surface area contributed by atoms with E-state index in [9.17, 15) is 9.90 Å². The molecular weight excluding hydrogens is 200 g/mol. The largest absolute Gasteiger partial charge is 0.385 e. The highest BCUT2D eigenvalue weighted by atomic mass is 16.3. The van der Waals surface area contributed by atoms with Crippen LogP contribution in [0.2, 0.25) is 0 Å². The van der Waals surface area contributed by atoms with Gasteiger partial charge in [-0.2, -0.15) is 0 Å². The van der Waals surface area contributed by atoms with Gasteiger partial charge in [-0.25, -0.2) is 0 Å². The van der Waals surface area contributed by atoms with Crippen molar-refractivity contribution in [1.82, 2.24) is 0 Å². The number of hydrogen-bond acceptors (Lipinski definition) is 2. The predicted octanol–water partition coefficient (Wildman–Crippen LogP) is 3.42. The summed E-state index contributed by atoms with van der Waals surface area (Å²) in [6, 6.07) is 0. The van der Waals surface area contributed by atoms with Crippen LogP contribution in [-0.2, 0) is 4.79 Å². The lowest BCUT2D eigenvalue weighted by Gasteiger charge is -2.33. The van der Waals surface area contributed by atoms with Crippen molar-refractivity contribution in [1.29, 1.82) is 0 Å². The maximum Gasteiger partial charge on any atom is 0.167 e. The molecule has 2 heteroatoms. The number of hydrogen-bond donors (Lipinski definition) is 1. The van der Waals surface area contributed by atoms with Crippen LogP contribution in [0.4, 0.5) is 0 Å². The molecule has 1 N–H and O–H groups in total. The number of aliphatic hydroxyl groups excluding tert-OH is 1. The van der Waals surface area contributed by atoms with Gasteiger partial charge in [0.05, 0.1) is 0 Å². The van der Waals surface area contributed by atoms with Crippen molar-refractivity contribution >= 4 is 5.78 Å². The van der Waals surface area contributed by atoms with E-state index in [1.165, 1.54) is 0 Å². The number of Topliss-reactive ketones (excluding diaryl/α,β-unsaturated/α-hetero) is 1. The standard InChI is InChI=1S/C14H28O2/c1-10(2)8-9-14(6,7)12(16)11(15)13(3,4)5/h10,12,16H,8-9H2,1-7H3/t12-/m1/s1. The Morgan fingerprint density at radius 3 is 1.88 bits per heavy atom. The predicted molar refractivity (Wildman–Crippen MR) is 68.3 cm³/mol. The molecule has 1 atom stereocenters. The summed E-state index contributed by atoms with van der Waals surface area (Å²) in [4.78, 5) is 12.0. The number of rotatable bonds is 5. The highest BCUT2D eigenvalue weighted by Gasteiger charge is 2.38. The first-order chi connectivity index (χ1) is 6.98. The monoisotopic (exact) mass is 228 g/mol. The summed E-state index contributed by atoms with van der Waals surface area (Å²) in [6.07, 6.45) is 1.07. The molecule has 0 radical (unpaired) electrons. The summed E-state index contributed by atoms with van der Waals surface area (Å²) in [5.74, 6) is 0.553. The molecule has 16 heavy (non-hydrogen) atoms. The maximum absolute atomic E-state index is 12.0. The zero-order valence-electron chi connectivity index (χ0n) is 11.9. The molecule has 0 aromatic rings. The second-order valence-corrected chi connectivity index (χ2v) is 6.94. The van der Waals surface area contributed by atoms with Gasteiger partial charge < -0.3 is 5.11 Å². The normalized spacial score (nSPS) is 15.3. The fraction of sp³-hybridized carbons (Fsp3) is 0.929. The first-order valence-electron chi connectivity index (χ1n) is 6.21. The topological polar surface area (TPSA) is 37.3 Å². The Morgan fingerprint density at radius 1 is 1.12 bits per heavy atom. The fourth-order valence-corrected chi connectivity index (χ4v) is 1.56. The van der Waals surface area contributed by atoms with E-state index < -0.39 is 11.5 Å². The lowest BCUT2D eigenvalue weighted by molar-refractivity contribution is -0.141. The molecule has 0 spiro atoms. The van der Waals surface area contributed by atoms with Crippen LogP contribution in [-0.4, -0.2) is 17.0 Å². The second kappa shape index (κ2) is 5.31. The summed E-state index contributed by atoms with van der Waals surface area (Å²) in [7, 11) is 0. The molecule has 0 saturated carbocycles. The van der Waals surface area contributed by atoms with Gasteiger partial charge in [-0.05, 0) is 17.8 Å². The summed E-state index contributed by atoms with van der Waals surface area (Å²) in [5.41, 5.74) is -0.789. The Kier molecular flexibility index (Phi) is 5.18. The first-order valence-corrected chi connectivity index (χ1v) is 6.21. The van der Waals surface area contributed by atoms with Gasteiger partial charge in [0.15, 0.2) is 5.78 Å². The fourth-order valence-electron chi connectivity index (χ4n) is 1.56. The average molecular weight is 228 g/mol. The molecule has 0 heterocycles. The minimum absolute atomic E-state index is 0.0544. The van der Waals surface area contributed by atoms with Gasteiger partial charge in [0.25, 0.3) is 0 Å². The van der Waals surface area contributed by atoms with E-state index in [-0.39, 0.29) is 11.2 Å². The van der Waals surface area contributed by atoms with Crippen LogP contribution in [0.15, 0.2) is 0 Å². The van der Waals surface area contributed by atoms with Crippen molar-refractivity contribution in [3.05, 3.63) is 0 Å². The van der Waals surface area contributed by atoms with Gasteiger partial charge in [-0.1, -0.05) is 54.9 Å². The molecular formula is C14H28O2. The van der Waals surface area contributed by atoms with Gasteiger partial charge in [0, 0.05) is 5.41 Å². The molecule has 0 saturated heterocycles. The van der Waals surface area contributed by atoms with Crippen molar-refractivity contribution in [3.8, 4) is 0 Å². The molecule has 2 nitrogen and oxygen atoms in total. The molecule has 0 aliphatic carbocycles. The van der Waals surface area contributed by atoms with Crippen LogP contribution >= 0.6 is 0 Å². The summed E-state index contributed by atoms with van der Waals surface area (Å²) < 4.78 is 0. The van der Waals surface area contributed by atoms with Gasteiger partial charge >= 0.3 is 0 Å². The lowest BCUT2D eigenvalue weighted by atomic mass is 9.73. The SMILES string of the molecule is CC(C)CCC(C)(C)[C@H](O)C(=O)C(C)(C)C. The van der Waals surface area contributed by atoms with Crippen molar-refractivity contribution in [2.45, 2.75) is 67.4 Å². The molecule has 0 amide bonds. The summed E-state index contributed by atoms with van der Waals surface area (Å²) >= 11 is 0. The van der Waals surface area contributed by atoms with Crippen LogP contribution in [0.5, 0.6) is 0 Å². The maximum atomic E-state index is 12.0. The molecule has 0 aliphatic heterocycles. The number of aliphatic hydroxyl groups is 1. The number of carbonyl (C=O) groups excluding carboxylic acids is 1. The van der Waals surface area contributed by atoms with Crippen molar-refractivity contribution in [3.63, 3.8) is 0 Å². The Labute approximate surface area is 100 Å². The van der Waals surface area contributed by atoms with Crippen LogP contribution in [0.1, 0.15) is 61.3 Å². The second-order valence-electron chi connectivity index (χ2n) is 6.94. The summed E-state index contributed by atoms with van der Waals surface area (Å²) in [5, 5.41) is 10.1. The van der Waals surface area contributed by atoms with Gasteiger partial charge in [0.1, 0.15) is 6.10 Å². The molecule has 96 valence electrons. The lowest BCUT2D eigenvalue weighted by Crippen LogP contribution is -2.42. The van der Waals surface area contributed by atoms with Gasteiger partial charge in [0.2, 0.25) is 0 Å². The quantitative estimate of drug-likeness (QED) is 0.783. The van der Waals surface area contributed by atoms with E-state index in [1.54, 1.807) is 0 Å². The Bertz CT molecular complexity index is 234. The van der Waals surface area contributed by atoms with E-state index in [4.69, 9.17) is 0 Å². The third-order valence-electron chi connectivity index (χ3n) is 3.09. The van der Waals surface area contributed by atoms with Crippen molar-refractivity contribution in [2.75, 3.05) is 0 Å². The Hall–Kier alpha value is -0.370. The third-order valence-corrected chi connectivity index (χ3v) is 3.09. The van der Waals surface area contributed by atoms with Crippen molar-refractivity contribution in [2.24, 2.45) is 16.7 Å². The highest BCUT2D eigenvalue weighted by Crippen LogP contribution is 2.33. The highest BCUT2D eigenvalue weighted by molar-refractivity contribution is 5.88. The number of carbonyl (C=O) groups is 1. The van der Waals surface area contributed by atoms with Crippen LogP contribution in [0.25, 0.3) is 0 Å². The van der Waals surface area contributed by atoms with Crippen LogP contribution < -0.4 is 0 Å². The third kappa shape index (κ3) is 4.65. The molecule has 0 aliphatic rings.